The highest BCUT2D eigenvalue weighted by Gasteiger charge is 2.16. The minimum absolute atomic E-state index is 0.245. The zero-order valence-corrected chi connectivity index (χ0v) is 18.5. The van der Waals surface area contributed by atoms with Crippen LogP contribution in [-0.4, -0.2) is 21.6 Å². The second-order valence-electron chi connectivity index (χ2n) is 7.23. The third kappa shape index (κ3) is 5.11. The molecule has 0 spiro atoms. The average molecular weight is 482 g/mol. The Morgan fingerprint density at radius 3 is 2.65 bits per heavy atom. The van der Waals surface area contributed by atoms with Crippen LogP contribution < -0.4 is 10.1 Å². The van der Waals surface area contributed by atoms with Crippen LogP contribution in [-0.2, 0) is 17.9 Å². The fourth-order valence-electron chi connectivity index (χ4n) is 3.24. The first-order valence-corrected chi connectivity index (χ1v) is 10.7. The second-order valence-corrected chi connectivity index (χ2v) is 8.08. The van der Waals surface area contributed by atoms with Gasteiger partial charge in [-0.3, -0.25) is 4.79 Å². The zero-order chi connectivity index (χ0) is 21.8. The van der Waals surface area contributed by atoms with Crippen LogP contribution in [0.4, 0.5) is 4.39 Å². The van der Waals surface area contributed by atoms with Gasteiger partial charge < -0.3 is 14.6 Å². The molecule has 0 bridgehead atoms. The number of nitrogens with zero attached hydrogens (tertiary/aromatic N) is 2. The molecule has 1 atom stereocenters. The molecule has 1 unspecified atom stereocenters. The minimum Gasteiger partial charge on any atom is -0.480 e. The van der Waals surface area contributed by atoms with Crippen LogP contribution in [0.1, 0.15) is 18.1 Å². The Morgan fingerprint density at radius 2 is 1.87 bits per heavy atom. The number of rotatable bonds is 7. The van der Waals surface area contributed by atoms with Gasteiger partial charge in [0, 0.05) is 13.1 Å². The van der Waals surface area contributed by atoms with E-state index >= 15 is 0 Å². The van der Waals surface area contributed by atoms with Crippen molar-refractivity contribution in [2.45, 2.75) is 26.1 Å². The Labute approximate surface area is 188 Å². The Kier molecular flexibility index (Phi) is 6.32. The Bertz CT molecular complexity index is 1210. The Hall–Kier alpha value is -3.19. The topological polar surface area (TPSA) is 56.1 Å². The van der Waals surface area contributed by atoms with E-state index in [0.29, 0.717) is 16.8 Å². The molecule has 0 saturated carbocycles. The molecular formula is C24H21BrFN3O2. The van der Waals surface area contributed by atoms with Gasteiger partial charge in [0.15, 0.2) is 6.10 Å². The quantitative estimate of drug-likeness (QED) is 0.400. The minimum atomic E-state index is -0.712. The van der Waals surface area contributed by atoms with E-state index in [1.54, 1.807) is 6.92 Å². The van der Waals surface area contributed by atoms with Gasteiger partial charge in [-0.2, -0.15) is 0 Å². The van der Waals surface area contributed by atoms with Crippen LogP contribution in [0.2, 0.25) is 0 Å². The SMILES string of the molecule is CC(Oc1ccc(F)cc1Br)C(=O)NCc1ccc(Cn2cnc3ccccc32)cc1. The van der Waals surface area contributed by atoms with E-state index in [4.69, 9.17) is 4.74 Å². The third-order valence-corrected chi connectivity index (χ3v) is 5.56. The zero-order valence-electron chi connectivity index (χ0n) is 16.9. The Morgan fingerprint density at radius 1 is 1.13 bits per heavy atom. The van der Waals surface area contributed by atoms with Crippen molar-refractivity contribution in [1.29, 1.82) is 0 Å². The number of hydrogen-bond donors (Lipinski definition) is 1. The standard InChI is InChI=1S/C24H21BrFN3O2/c1-16(31-23-11-10-19(26)12-20(23)25)24(30)27-13-17-6-8-18(9-7-17)14-29-15-28-21-4-2-3-5-22(21)29/h2-12,15-16H,13-14H2,1H3,(H,27,30). The summed E-state index contributed by atoms with van der Waals surface area (Å²) in [6.45, 7) is 2.78. The molecule has 0 aliphatic heterocycles. The highest BCUT2D eigenvalue weighted by Crippen LogP contribution is 2.26. The summed E-state index contributed by atoms with van der Waals surface area (Å²) in [6, 6.07) is 20.2. The maximum atomic E-state index is 13.2. The predicted octanol–water partition coefficient (Wildman–Crippen LogP) is 5.07. The first kappa shape index (κ1) is 21.1. The van der Waals surface area contributed by atoms with Crippen molar-refractivity contribution in [1.82, 2.24) is 14.9 Å². The molecule has 5 nitrogen and oxygen atoms in total. The van der Waals surface area contributed by atoms with E-state index in [1.165, 1.54) is 18.2 Å². The van der Waals surface area contributed by atoms with E-state index < -0.39 is 6.10 Å². The molecule has 31 heavy (non-hydrogen) atoms. The van der Waals surface area contributed by atoms with Crippen molar-refractivity contribution in [3.8, 4) is 5.75 Å². The molecule has 0 radical (unpaired) electrons. The normalized spacial score (nSPS) is 12.0. The number of benzene rings is 3. The molecule has 1 N–H and O–H groups in total. The summed E-state index contributed by atoms with van der Waals surface area (Å²) in [5.74, 6) is -0.202. The number of ether oxygens (including phenoxy) is 1. The second kappa shape index (κ2) is 9.31. The van der Waals surface area contributed by atoms with Crippen LogP contribution in [0, 0.1) is 5.82 Å². The van der Waals surface area contributed by atoms with E-state index in [-0.39, 0.29) is 11.7 Å². The van der Waals surface area contributed by atoms with Gasteiger partial charge in [0.1, 0.15) is 11.6 Å². The molecule has 1 heterocycles. The van der Waals surface area contributed by atoms with E-state index in [9.17, 15) is 9.18 Å². The molecule has 1 aromatic heterocycles. The summed E-state index contributed by atoms with van der Waals surface area (Å²) in [7, 11) is 0. The van der Waals surface area contributed by atoms with Crippen molar-refractivity contribution in [2.75, 3.05) is 0 Å². The number of halogens is 2. The number of aromatic nitrogens is 2. The van der Waals surface area contributed by atoms with Crippen molar-refractivity contribution in [2.24, 2.45) is 0 Å². The van der Waals surface area contributed by atoms with E-state index in [0.717, 1.165) is 28.7 Å². The van der Waals surface area contributed by atoms with Gasteiger partial charge in [-0.1, -0.05) is 36.4 Å². The Balaban J connectivity index is 1.32. The average Bonchev–Trinajstić information content (AvgIpc) is 3.18. The lowest BCUT2D eigenvalue weighted by Gasteiger charge is -2.16. The first-order valence-electron chi connectivity index (χ1n) is 9.87. The summed E-state index contributed by atoms with van der Waals surface area (Å²) in [5, 5.41) is 2.87. The molecule has 4 aromatic rings. The molecular weight excluding hydrogens is 461 g/mol. The number of nitrogens with one attached hydrogen (secondary N) is 1. The van der Waals surface area contributed by atoms with E-state index in [1.807, 2.05) is 48.8 Å². The maximum absolute atomic E-state index is 13.2. The molecule has 158 valence electrons. The van der Waals surface area contributed by atoms with Crippen LogP contribution in [0.25, 0.3) is 11.0 Å². The van der Waals surface area contributed by atoms with Gasteiger partial charge in [-0.25, -0.2) is 9.37 Å². The monoisotopic (exact) mass is 481 g/mol. The molecule has 0 saturated heterocycles. The lowest BCUT2D eigenvalue weighted by atomic mass is 10.1. The number of amides is 1. The third-order valence-electron chi connectivity index (χ3n) is 4.94. The lowest BCUT2D eigenvalue weighted by molar-refractivity contribution is -0.127. The number of hydrogen-bond acceptors (Lipinski definition) is 3. The number of fused-ring (bicyclic) bond motifs is 1. The smallest absolute Gasteiger partial charge is 0.261 e. The summed E-state index contributed by atoms with van der Waals surface area (Å²) in [6.07, 6.45) is 1.13. The predicted molar refractivity (Wildman–Crippen MR) is 121 cm³/mol. The molecule has 3 aromatic carbocycles. The number of carbonyl (C=O) groups excluding carboxylic acids is 1. The fraction of sp³-hybridized carbons (Fsp3) is 0.167. The van der Waals surface area contributed by atoms with Gasteiger partial charge in [0.2, 0.25) is 0 Å². The van der Waals surface area contributed by atoms with Crippen molar-refractivity contribution in [3.63, 3.8) is 0 Å². The van der Waals surface area contributed by atoms with Crippen molar-refractivity contribution in [3.05, 3.63) is 94.5 Å². The highest BCUT2D eigenvalue weighted by molar-refractivity contribution is 9.10. The summed E-state index contributed by atoms with van der Waals surface area (Å²) in [5.41, 5.74) is 4.21. The molecule has 0 fully saturated rings. The molecule has 4 rings (SSSR count). The summed E-state index contributed by atoms with van der Waals surface area (Å²) < 4.78 is 21.4. The largest absolute Gasteiger partial charge is 0.480 e. The van der Waals surface area contributed by atoms with Gasteiger partial charge in [0.25, 0.3) is 5.91 Å². The maximum Gasteiger partial charge on any atom is 0.261 e. The van der Waals surface area contributed by atoms with E-state index in [2.05, 4.69) is 36.9 Å². The fourth-order valence-corrected chi connectivity index (χ4v) is 3.69. The molecule has 0 aliphatic carbocycles. The van der Waals surface area contributed by atoms with Gasteiger partial charge in [-0.15, -0.1) is 0 Å². The number of para-hydroxylation sites is 2. The molecule has 1 amide bonds. The van der Waals surface area contributed by atoms with Gasteiger partial charge in [0.05, 0.1) is 21.8 Å². The van der Waals surface area contributed by atoms with Gasteiger partial charge in [-0.05, 0) is 64.3 Å². The van der Waals surface area contributed by atoms with Crippen molar-refractivity contribution < 1.29 is 13.9 Å². The summed E-state index contributed by atoms with van der Waals surface area (Å²) >= 11 is 3.24. The number of imidazole rings is 1. The molecule has 0 aliphatic rings. The van der Waals surface area contributed by atoms with Gasteiger partial charge >= 0.3 is 0 Å². The summed E-state index contributed by atoms with van der Waals surface area (Å²) in [4.78, 5) is 16.8. The van der Waals surface area contributed by atoms with Crippen LogP contribution >= 0.6 is 15.9 Å². The first-order chi connectivity index (χ1) is 15.0. The van der Waals surface area contributed by atoms with Crippen molar-refractivity contribution >= 4 is 32.9 Å². The lowest BCUT2D eigenvalue weighted by Crippen LogP contribution is -2.36. The highest BCUT2D eigenvalue weighted by atomic mass is 79.9. The van der Waals surface area contributed by atoms with Crippen LogP contribution in [0.5, 0.6) is 5.75 Å². The molecule has 7 heteroatoms. The van der Waals surface area contributed by atoms with Crippen LogP contribution in [0.3, 0.4) is 0 Å². The van der Waals surface area contributed by atoms with Crippen LogP contribution in [0.15, 0.2) is 77.5 Å². The number of carbonyl (C=O) groups is 1.